The normalized spacial score (nSPS) is 10.2. The Morgan fingerprint density at radius 2 is 2.27 bits per heavy atom. The summed E-state index contributed by atoms with van der Waals surface area (Å²) in [6.45, 7) is 1.42. The van der Waals surface area contributed by atoms with Gasteiger partial charge in [-0.15, -0.1) is 0 Å². The maximum Gasteiger partial charge on any atom is 0.199 e. The molecule has 2 rings (SSSR count). The van der Waals surface area contributed by atoms with Gasteiger partial charge in [-0.1, -0.05) is 6.07 Å². The van der Waals surface area contributed by atoms with Crippen LogP contribution in [0.15, 0.2) is 30.6 Å². The van der Waals surface area contributed by atoms with Crippen molar-refractivity contribution in [2.45, 2.75) is 6.92 Å². The van der Waals surface area contributed by atoms with Crippen LogP contribution in [-0.4, -0.2) is 25.7 Å². The van der Waals surface area contributed by atoms with Crippen molar-refractivity contribution >= 4 is 5.78 Å². The van der Waals surface area contributed by atoms with Crippen LogP contribution in [-0.2, 0) is 0 Å². The number of rotatable bonds is 2. The van der Waals surface area contributed by atoms with Gasteiger partial charge in [0.2, 0.25) is 0 Å². The lowest BCUT2D eigenvalue weighted by molar-refractivity contribution is 0.100. The van der Waals surface area contributed by atoms with Gasteiger partial charge in [-0.05, 0) is 12.1 Å². The number of benzene rings is 1. The zero-order chi connectivity index (χ0) is 10.8. The summed E-state index contributed by atoms with van der Waals surface area (Å²) in [7, 11) is 0. The van der Waals surface area contributed by atoms with Gasteiger partial charge in [0.15, 0.2) is 11.6 Å². The second-order valence-corrected chi connectivity index (χ2v) is 3.07. The maximum absolute atomic E-state index is 11.2. The molecule has 0 unspecified atom stereocenters. The van der Waals surface area contributed by atoms with E-state index in [4.69, 9.17) is 0 Å². The molecule has 1 heterocycles. The Balaban J connectivity index is 2.54. The van der Waals surface area contributed by atoms with Crippen molar-refractivity contribution in [2.75, 3.05) is 0 Å². The minimum Gasteiger partial charge on any atom is -0.508 e. The van der Waals surface area contributed by atoms with Crippen LogP contribution in [0.2, 0.25) is 0 Å². The van der Waals surface area contributed by atoms with E-state index in [-0.39, 0.29) is 17.4 Å². The maximum atomic E-state index is 11.2. The summed E-state index contributed by atoms with van der Waals surface area (Å²) in [5, 5.41) is 13.2. The minimum atomic E-state index is -0.171. The summed E-state index contributed by atoms with van der Waals surface area (Å²) in [6.07, 6.45) is 1.31. The number of phenols is 1. The molecule has 0 saturated carbocycles. The first-order valence-electron chi connectivity index (χ1n) is 4.39. The van der Waals surface area contributed by atoms with E-state index in [0.29, 0.717) is 5.69 Å². The Hall–Kier alpha value is -2.17. The Kier molecular flexibility index (Phi) is 2.21. The third kappa shape index (κ3) is 1.71. The third-order valence-electron chi connectivity index (χ3n) is 1.94. The molecule has 5 heteroatoms. The van der Waals surface area contributed by atoms with Crippen LogP contribution < -0.4 is 0 Å². The van der Waals surface area contributed by atoms with E-state index in [2.05, 4.69) is 10.1 Å². The second kappa shape index (κ2) is 3.53. The number of nitrogens with zero attached hydrogens (tertiary/aromatic N) is 3. The largest absolute Gasteiger partial charge is 0.508 e. The predicted molar refractivity (Wildman–Crippen MR) is 53.0 cm³/mol. The number of ketones is 1. The highest BCUT2D eigenvalue weighted by Gasteiger charge is 2.10. The lowest BCUT2D eigenvalue weighted by Crippen LogP contribution is -2.06. The SMILES string of the molecule is CC(=O)c1ncnn1-c1cccc(O)c1. The summed E-state index contributed by atoms with van der Waals surface area (Å²) >= 11 is 0. The summed E-state index contributed by atoms with van der Waals surface area (Å²) in [6, 6.07) is 6.48. The van der Waals surface area contributed by atoms with E-state index >= 15 is 0 Å². The summed E-state index contributed by atoms with van der Waals surface area (Å²) < 4.78 is 1.39. The van der Waals surface area contributed by atoms with Crippen LogP contribution in [0.3, 0.4) is 0 Å². The molecule has 1 aromatic carbocycles. The fraction of sp³-hybridized carbons (Fsp3) is 0.100. The average Bonchev–Trinajstić information content (AvgIpc) is 2.65. The van der Waals surface area contributed by atoms with Crippen LogP contribution >= 0.6 is 0 Å². The number of aromatic hydroxyl groups is 1. The van der Waals surface area contributed by atoms with E-state index in [1.165, 1.54) is 24.0 Å². The fourth-order valence-corrected chi connectivity index (χ4v) is 1.30. The van der Waals surface area contributed by atoms with Crippen LogP contribution in [0.4, 0.5) is 0 Å². The van der Waals surface area contributed by atoms with Gasteiger partial charge < -0.3 is 5.11 Å². The highest BCUT2D eigenvalue weighted by molar-refractivity contribution is 5.90. The number of hydrogen-bond donors (Lipinski definition) is 1. The van der Waals surface area contributed by atoms with Gasteiger partial charge in [0.25, 0.3) is 0 Å². The molecule has 0 amide bonds. The van der Waals surface area contributed by atoms with E-state index < -0.39 is 0 Å². The fourth-order valence-electron chi connectivity index (χ4n) is 1.30. The topological polar surface area (TPSA) is 68.0 Å². The predicted octanol–water partition coefficient (Wildman–Crippen LogP) is 1.18. The van der Waals surface area contributed by atoms with Crippen LogP contribution in [0, 0.1) is 0 Å². The molecule has 0 aliphatic heterocycles. The standard InChI is InChI=1S/C10H9N3O2/c1-7(14)10-11-6-12-13(10)8-3-2-4-9(15)5-8/h2-6,15H,1H3. The molecule has 0 bridgehead atoms. The van der Waals surface area contributed by atoms with Crippen molar-refractivity contribution in [2.24, 2.45) is 0 Å². The van der Waals surface area contributed by atoms with E-state index in [1.54, 1.807) is 18.2 Å². The first-order chi connectivity index (χ1) is 7.18. The van der Waals surface area contributed by atoms with E-state index in [0.717, 1.165) is 0 Å². The van der Waals surface area contributed by atoms with Gasteiger partial charge in [0, 0.05) is 13.0 Å². The second-order valence-electron chi connectivity index (χ2n) is 3.07. The summed E-state index contributed by atoms with van der Waals surface area (Å²) in [5.41, 5.74) is 0.609. The number of phenolic OH excluding ortho intramolecular Hbond substituents is 1. The molecule has 1 aromatic heterocycles. The molecule has 76 valence electrons. The zero-order valence-corrected chi connectivity index (χ0v) is 8.08. The molecule has 1 N–H and O–H groups in total. The van der Waals surface area contributed by atoms with Gasteiger partial charge in [0.1, 0.15) is 12.1 Å². The van der Waals surface area contributed by atoms with Gasteiger partial charge >= 0.3 is 0 Å². The Morgan fingerprint density at radius 3 is 2.93 bits per heavy atom. The Bertz CT molecular complexity index is 505. The first-order valence-corrected chi connectivity index (χ1v) is 4.39. The number of carbonyl (C=O) groups is 1. The number of hydrogen-bond acceptors (Lipinski definition) is 4. The minimum absolute atomic E-state index is 0.123. The number of carbonyl (C=O) groups excluding carboxylic acids is 1. The lowest BCUT2D eigenvalue weighted by Gasteiger charge is -2.03. The van der Waals surface area contributed by atoms with Crippen molar-refractivity contribution in [1.29, 1.82) is 0 Å². The molecule has 0 atom stereocenters. The van der Waals surface area contributed by atoms with Crippen molar-refractivity contribution < 1.29 is 9.90 Å². The zero-order valence-electron chi connectivity index (χ0n) is 8.08. The molecule has 2 aromatic rings. The average molecular weight is 203 g/mol. The van der Waals surface area contributed by atoms with Crippen LogP contribution in [0.5, 0.6) is 5.75 Å². The van der Waals surface area contributed by atoms with Gasteiger partial charge in [-0.2, -0.15) is 5.10 Å². The highest BCUT2D eigenvalue weighted by Crippen LogP contribution is 2.15. The van der Waals surface area contributed by atoms with E-state index in [9.17, 15) is 9.90 Å². The smallest absolute Gasteiger partial charge is 0.199 e. The number of Topliss-reactive ketones (excluding diaryl/α,β-unsaturated/α-hetero) is 1. The highest BCUT2D eigenvalue weighted by atomic mass is 16.3. The van der Waals surface area contributed by atoms with Crippen LogP contribution in [0.1, 0.15) is 17.5 Å². The van der Waals surface area contributed by atoms with Gasteiger partial charge in [0.05, 0.1) is 5.69 Å². The molecule has 5 nitrogen and oxygen atoms in total. The Labute approximate surface area is 86.0 Å². The molecule has 0 radical (unpaired) electrons. The Morgan fingerprint density at radius 1 is 1.47 bits per heavy atom. The van der Waals surface area contributed by atoms with Gasteiger partial charge in [-0.25, -0.2) is 9.67 Å². The van der Waals surface area contributed by atoms with Crippen molar-refractivity contribution in [1.82, 2.24) is 14.8 Å². The molecule has 0 aliphatic carbocycles. The van der Waals surface area contributed by atoms with Crippen LogP contribution in [0.25, 0.3) is 5.69 Å². The van der Waals surface area contributed by atoms with Crippen molar-refractivity contribution in [3.8, 4) is 11.4 Å². The van der Waals surface area contributed by atoms with E-state index in [1.807, 2.05) is 0 Å². The lowest BCUT2D eigenvalue weighted by atomic mass is 10.3. The van der Waals surface area contributed by atoms with Crippen molar-refractivity contribution in [3.63, 3.8) is 0 Å². The quantitative estimate of drug-likeness (QED) is 0.744. The molecular weight excluding hydrogens is 194 g/mol. The van der Waals surface area contributed by atoms with Gasteiger partial charge in [-0.3, -0.25) is 4.79 Å². The summed E-state index contributed by atoms with van der Waals surface area (Å²) in [4.78, 5) is 15.0. The first kappa shape index (κ1) is 9.39. The molecule has 0 saturated heterocycles. The molecule has 0 spiro atoms. The molecule has 0 fully saturated rings. The molecule has 15 heavy (non-hydrogen) atoms. The molecular formula is C10H9N3O2. The third-order valence-corrected chi connectivity index (χ3v) is 1.94. The molecule has 0 aliphatic rings. The number of aromatic nitrogens is 3. The summed E-state index contributed by atoms with van der Waals surface area (Å²) in [5.74, 6) is 0.203. The monoisotopic (exact) mass is 203 g/mol. The van der Waals surface area contributed by atoms with Crippen molar-refractivity contribution in [3.05, 3.63) is 36.4 Å².